The second-order valence-corrected chi connectivity index (χ2v) is 5.54. The lowest BCUT2D eigenvalue weighted by Crippen LogP contribution is -2.12. The first kappa shape index (κ1) is 12.4. The lowest BCUT2D eigenvalue weighted by Gasteiger charge is -2.06. The summed E-state index contributed by atoms with van der Waals surface area (Å²) in [6.07, 6.45) is 3.76. The molecule has 0 fully saturated rings. The number of aromatic amines is 1. The molecule has 2 heterocycles. The molecule has 0 aliphatic heterocycles. The van der Waals surface area contributed by atoms with Crippen molar-refractivity contribution in [2.24, 2.45) is 0 Å². The largest absolute Gasteiger partial charge is 0.423 e. The van der Waals surface area contributed by atoms with Gasteiger partial charge >= 0.3 is 0 Å². The van der Waals surface area contributed by atoms with E-state index < -0.39 is 10.0 Å². The van der Waals surface area contributed by atoms with Gasteiger partial charge in [0.25, 0.3) is 10.0 Å². The van der Waals surface area contributed by atoms with Gasteiger partial charge in [-0.3, -0.25) is 9.82 Å². The molecule has 2 aromatic heterocycles. The molecule has 0 radical (unpaired) electrons. The van der Waals surface area contributed by atoms with Gasteiger partial charge in [-0.15, -0.1) is 10.2 Å². The highest BCUT2D eigenvalue weighted by molar-refractivity contribution is 7.92. The summed E-state index contributed by atoms with van der Waals surface area (Å²) in [6, 6.07) is 6.58. The van der Waals surface area contributed by atoms with E-state index >= 15 is 0 Å². The Hall–Kier alpha value is -2.68. The van der Waals surface area contributed by atoms with Crippen LogP contribution in [0.5, 0.6) is 0 Å². The molecule has 0 atom stereocenters. The number of sulfonamides is 1. The van der Waals surface area contributed by atoms with Gasteiger partial charge in [-0.1, -0.05) is 0 Å². The van der Waals surface area contributed by atoms with Crippen LogP contribution >= 0.6 is 0 Å². The Morgan fingerprint density at radius 3 is 2.60 bits per heavy atom. The third-order valence-corrected chi connectivity index (χ3v) is 3.88. The number of hydrogen-bond donors (Lipinski definition) is 2. The van der Waals surface area contributed by atoms with Crippen molar-refractivity contribution >= 4 is 15.7 Å². The van der Waals surface area contributed by atoms with Crippen LogP contribution in [0, 0.1) is 0 Å². The van der Waals surface area contributed by atoms with Crippen LogP contribution in [0.1, 0.15) is 0 Å². The zero-order chi connectivity index (χ0) is 14.0. The number of nitrogens with zero attached hydrogens (tertiary/aromatic N) is 3. The van der Waals surface area contributed by atoms with Gasteiger partial charge in [0.05, 0.1) is 6.20 Å². The van der Waals surface area contributed by atoms with E-state index in [1.165, 1.54) is 18.8 Å². The first-order valence-corrected chi connectivity index (χ1v) is 7.02. The van der Waals surface area contributed by atoms with Gasteiger partial charge in [0.2, 0.25) is 12.3 Å². The molecule has 0 spiro atoms. The fourth-order valence-corrected chi connectivity index (χ4v) is 2.54. The predicted molar refractivity (Wildman–Crippen MR) is 69.1 cm³/mol. The van der Waals surface area contributed by atoms with Crippen molar-refractivity contribution in [3.05, 3.63) is 43.1 Å². The van der Waals surface area contributed by atoms with Gasteiger partial charge in [-0.2, -0.15) is 5.10 Å². The predicted octanol–water partition coefficient (Wildman–Crippen LogP) is 1.26. The third-order valence-electron chi connectivity index (χ3n) is 2.53. The van der Waals surface area contributed by atoms with Gasteiger partial charge < -0.3 is 4.42 Å². The monoisotopic (exact) mass is 291 g/mol. The number of hydrogen-bond acceptors (Lipinski definition) is 6. The lowest BCUT2D eigenvalue weighted by atomic mass is 10.2. The van der Waals surface area contributed by atoms with Gasteiger partial charge in [-0.25, -0.2) is 8.42 Å². The Bertz CT molecular complexity index is 779. The van der Waals surface area contributed by atoms with Crippen LogP contribution in [0.3, 0.4) is 0 Å². The van der Waals surface area contributed by atoms with Crippen LogP contribution in [0.15, 0.2) is 52.4 Å². The molecule has 102 valence electrons. The second-order valence-electron chi connectivity index (χ2n) is 3.86. The molecule has 2 N–H and O–H groups in total. The number of H-pyrrole nitrogens is 1. The average Bonchev–Trinajstić information content (AvgIpc) is 3.13. The number of aromatic nitrogens is 4. The van der Waals surface area contributed by atoms with Crippen LogP contribution in [0.4, 0.5) is 5.69 Å². The normalized spacial score (nSPS) is 11.4. The van der Waals surface area contributed by atoms with Crippen molar-refractivity contribution in [2.75, 3.05) is 4.72 Å². The highest BCUT2D eigenvalue weighted by atomic mass is 32.2. The summed E-state index contributed by atoms with van der Waals surface area (Å²) in [4.78, 5) is 0.0680. The second kappa shape index (κ2) is 4.78. The summed E-state index contributed by atoms with van der Waals surface area (Å²) < 4.78 is 31.4. The molecule has 20 heavy (non-hydrogen) atoms. The average molecular weight is 291 g/mol. The number of anilines is 1. The molecule has 8 nitrogen and oxygen atoms in total. The van der Waals surface area contributed by atoms with Crippen LogP contribution < -0.4 is 4.72 Å². The SMILES string of the molecule is O=S(=O)(Nc1ccc(-c2nnco2)cc1)c1cn[nH]c1. The van der Waals surface area contributed by atoms with Gasteiger partial charge in [0, 0.05) is 17.4 Å². The molecule has 3 aromatic rings. The van der Waals surface area contributed by atoms with E-state index in [0.717, 1.165) is 0 Å². The Kier molecular flexibility index (Phi) is 2.95. The zero-order valence-electron chi connectivity index (χ0n) is 10.0. The van der Waals surface area contributed by atoms with E-state index in [-0.39, 0.29) is 4.90 Å². The Morgan fingerprint density at radius 1 is 1.20 bits per heavy atom. The molecular formula is C11H9N5O3S. The van der Waals surface area contributed by atoms with Crippen molar-refractivity contribution in [3.63, 3.8) is 0 Å². The molecule has 0 aliphatic carbocycles. The van der Waals surface area contributed by atoms with E-state index in [9.17, 15) is 8.42 Å². The first-order chi connectivity index (χ1) is 9.65. The molecule has 0 saturated heterocycles. The van der Waals surface area contributed by atoms with E-state index in [2.05, 4.69) is 25.1 Å². The smallest absolute Gasteiger partial charge is 0.265 e. The number of benzene rings is 1. The van der Waals surface area contributed by atoms with Crippen molar-refractivity contribution in [2.45, 2.75) is 4.90 Å². The van der Waals surface area contributed by atoms with Crippen LogP contribution in [0.25, 0.3) is 11.5 Å². The van der Waals surface area contributed by atoms with Crippen molar-refractivity contribution in [1.82, 2.24) is 20.4 Å². The third kappa shape index (κ3) is 2.38. The van der Waals surface area contributed by atoms with E-state index in [1.807, 2.05) is 0 Å². The minimum atomic E-state index is -3.63. The van der Waals surface area contributed by atoms with E-state index in [1.54, 1.807) is 24.3 Å². The van der Waals surface area contributed by atoms with E-state index in [0.29, 0.717) is 17.1 Å². The molecule has 0 amide bonds. The first-order valence-electron chi connectivity index (χ1n) is 5.53. The highest BCUT2D eigenvalue weighted by Crippen LogP contribution is 2.20. The standard InChI is InChI=1S/C11H9N5O3S/c17-20(18,10-5-12-13-6-10)16-9-3-1-8(2-4-9)11-15-14-7-19-11/h1-7,16H,(H,12,13). The summed E-state index contributed by atoms with van der Waals surface area (Å²) in [5, 5.41) is 13.4. The number of nitrogens with one attached hydrogen (secondary N) is 2. The highest BCUT2D eigenvalue weighted by Gasteiger charge is 2.15. The molecule has 0 bridgehead atoms. The summed E-state index contributed by atoms with van der Waals surface area (Å²) in [7, 11) is -3.63. The quantitative estimate of drug-likeness (QED) is 0.748. The maximum atomic E-state index is 12.0. The van der Waals surface area contributed by atoms with Crippen molar-refractivity contribution in [1.29, 1.82) is 0 Å². The van der Waals surface area contributed by atoms with Gasteiger partial charge in [-0.05, 0) is 24.3 Å². The molecule has 0 unspecified atom stereocenters. The topological polar surface area (TPSA) is 114 Å². The summed E-state index contributed by atoms with van der Waals surface area (Å²) >= 11 is 0. The molecule has 1 aromatic carbocycles. The van der Waals surface area contributed by atoms with Gasteiger partial charge in [0.15, 0.2) is 0 Å². The minimum Gasteiger partial charge on any atom is -0.423 e. The lowest BCUT2D eigenvalue weighted by molar-refractivity contribution is 0.568. The summed E-state index contributed by atoms with van der Waals surface area (Å²) in [5.41, 5.74) is 1.13. The van der Waals surface area contributed by atoms with Crippen LogP contribution in [-0.2, 0) is 10.0 Å². The Labute approximate surface area is 113 Å². The van der Waals surface area contributed by atoms with Crippen molar-refractivity contribution in [3.8, 4) is 11.5 Å². The maximum Gasteiger partial charge on any atom is 0.265 e. The fourth-order valence-electron chi connectivity index (χ4n) is 1.58. The zero-order valence-corrected chi connectivity index (χ0v) is 10.8. The molecule has 3 rings (SSSR count). The Morgan fingerprint density at radius 2 is 2.00 bits per heavy atom. The van der Waals surface area contributed by atoms with Crippen LogP contribution in [0.2, 0.25) is 0 Å². The van der Waals surface area contributed by atoms with Crippen LogP contribution in [-0.4, -0.2) is 28.8 Å². The fraction of sp³-hybridized carbons (Fsp3) is 0. The molecule has 9 heteroatoms. The van der Waals surface area contributed by atoms with Crippen molar-refractivity contribution < 1.29 is 12.8 Å². The molecule has 0 saturated carbocycles. The van der Waals surface area contributed by atoms with Gasteiger partial charge in [0.1, 0.15) is 4.90 Å². The number of rotatable bonds is 4. The maximum absolute atomic E-state index is 12.0. The molecular weight excluding hydrogens is 282 g/mol. The summed E-state index contributed by atoms with van der Waals surface area (Å²) in [5.74, 6) is 0.370. The molecule has 0 aliphatic rings. The minimum absolute atomic E-state index is 0.0680. The Balaban J connectivity index is 1.83. The summed E-state index contributed by atoms with van der Waals surface area (Å²) in [6.45, 7) is 0. The van der Waals surface area contributed by atoms with E-state index in [4.69, 9.17) is 4.42 Å².